The van der Waals surface area contributed by atoms with E-state index >= 15 is 0 Å². The molecule has 1 saturated carbocycles. The Balaban J connectivity index is 1.42. The minimum Gasteiger partial charge on any atom is -0.379 e. The van der Waals surface area contributed by atoms with Crippen LogP contribution < -0.4 is 0 Å². The second-order valence-electron chi connectivity index (χ2n) is 5.65. The lowest BCUT2D eigenvalue weighted by Gasteiger charge is -2.28. The van der Waals surface area contributed by atoms with Crippen molar-refractivity contribution in [1.29, 1.82) is 0 Å². The molecule has 1 aliphatic heterocycles. The third-order valence-corrected chi connectivity index (χ3v) is 3.96. The molecule has 0 aromatic rings. The van der Waals surface area contributed by atoms with E-state index in [-0.39, 0.29) is 0 Å². The summed E-state index contributed by atoms with van der Waals surface area (Å²) in [6.45, 7) is 7.75. The predicted molar refractivity (Wildman–Crippen MR) is 73.3 cm³/mol. The average Bonchev–Trinajstić information content (AvgIpc) is 3.24. The van der Waals surface area contributed by atoms with E-state index in [1.807, 2.05) is 6.92 Å². The van der Waals surface area contributed by atoms with Gasteiger partial charge in [-0.05, 0) is 44.4 Å². The summed E-state index contributed by atoms with van der Waals surface area (Å²) in [6, 6.07) is 0. The molecule has 2 rings (SSSR count). The largest absolute Gasteiger partial charge is 0.379 e. The Labute approximate surface area is 116 Å². The Bertz CT molecular complexity index is 222. The summed E-state index contributed by atoms with van der Waals surface area (Å²) >= 11 is 0. The van der Waals surface area contributed by atoms with Crippen molar-refractivity contribution in [3.63, 3.8) is 0 Å². The second kappa shape index (κ2) is 8.90. The van der Waals surface area contributed by atoms with Crippen molar-refractivity contribution in [2.75, 3.05) is 46.2 Å². The van der Waals surface area contributed by atoms with E-state index < -0.39 is 0 Å². The fraction of sp³-hybridized carbons (Fsp3) is 1.00. The SMILES string of the molecule is CCOCCOCC1CCC(COCC2CO2)CC1. The van der Waals surface area contributed by atoms with Gasteiger partial charge in [0.2, 0.25) is 0 Å². The molecule has 0 N–H and O–H groups in total. The zero-order valence-corrected chi connectivity index (χ0v) is 12.1. The molecule has 0 radical (unpaired) electrons. The van der Waals surface area contributed by atoms with Crippen LogP contribution in [0.15, 0.2) is 0 Å². The van der Waals surface area contributed by atoms with E-state index in [0.717, 1.165) is 58.1 Å². The van der Waals surface area contributed by atoms with E-state index in [4.69, 9.17) is 18.9 Å². The first-order valence-electron chi connectivity index (χ1n) is 7.73. The van der Waals surface area contributed by atoms with Crippen LogP contribution in [0.1, 0.15) is 32.6 Å². The summed E-state index contributed by atoms with van der Waals surface area (Å²) in [5.74, 6) is 1.49. The number of ether oxygens (including phenoxy) is 4. The van der Waals surface area contributed by atoms with Crippen LogP contribution in [0.4, 0.5) is 0 Å². The Hall–Kier alpha value is -0.160. The highest BCUT2D eigenvalue weighted by molar-refractivity contribution is 4.73. The first kappa shape index (κ1) is 15.2. The molecule has 1 heterocycles. The molecule has 112 valence electrons. The van der Waals surface area contributed by atoms with Crippen LogP contribution in [0.3, 0.4) is 0 Å². The van der Waals surface area contributed by atoms with Crippen molar-refractivity contribution in [1.82, 2.24) is 0 Å². The average molecular weight is 272 g/mol. The molecule has 4 nitrogen and oxygen atoms in total. The van der Waals surface area contributed by atoms with Crippen LogP contribution in [0, 0.1) is 11.8 Å². The Kier molecular flexibility index (Phi) is 7.14. The molecule has 1 atom stereocenters. The summed E-state index contributed by atoms with van der Waals surface area (Å²) in [5.41, 5.74) is 0. The third-order valence-electron chi connectivity index (χ3n) is 3.96. The van der Waals surface area contributed by atoms with Gasteiger partial charge in [-0.15, -0.1) is 0 Å². The van der Waals surface area contributed by atoms with E-state index in [1.165, 1.54) is 25.7 Å². The molecule has 0 aromatic carbocycles. The fourth-order valence-corrected chi connectivity index (χ4v) is 2.61. The highest BCUT2D eigenvalue weighted by atomic mass is 16.6. The monoisotopic (exact) mass is 272 g/mol. The molecule has 0 amide bonds. The van der Waals surface area contributed by atoms with Gasteiger partial charge in [0.05, 0.1) is 26.4 Å². The highest BCUT2D eigenvalue weighted by Crippen LogP contribution is 2.29. The summed E-state index contributed by atoms with van der Waals surface area (Å²) in [6.07, 6.45) is 5.52. The summed E-state index contributed by atoms with van der Waals surface area (Å²) in [7, 11) is 0. The number of epoxide rings is 1. The van der Waals surface area contributed by atoms with Gasteiger partial charge in [-0.25, -0.2) is 0 Å². The molecule has 2 aliphatic rings. The van der Waals surface area contributed by atoms with Crippen LogP contribution in [0.2, 0.25) is 0 Å². The predicted octanol–water partition coefficient (Wildman–Crippen LogP) is 2.26. The Morgan fingerprint density at radius 3 is 2.00 bits per heavy atom. The van der Waals surface area contributed by atoms with Crippen LogP contribution in [-0.2, 0) is 18.9 Å². The van der Waals surface area contributed by atoms with Crippen LogP contribution in [0.25, 0.3) is 0 Å². The number of hydrogen-bond donors (Lipinski definition) is 0. The van der Waals surface area contributed by atoms with Gasteiger partial charge in [0.15, 0.2) is 0 Å². The summed E-state index contributed by atoms with van der Waals surface area (Å²) in [4.78, 5) is 0. The molecule has 0 bridgehead atoms. The van der Waals surface area contributed by atoms with Crippen LogP contribution >= 0.6 is 0 Å². The molecule has 4 heteroatoms. The van der Waals surface area contributed by atoms with Crippen molar-refractivity contribution >= 4 is 0 Å². The minimum absolute atomic E-state index is 0.398. The summed E-state index contributed by atoms with van der Waals surface area (Å²) in [5, 5.41) is 0. The van der Waals surface area contributed by atoms with Gasteiger partial charge in [-0.3, -0.25) is 0 Å². The lowest BCUT2D eigenvalue weighted by atomic mass is 9.83. The zero-order valence-electron chi connectivity index (χ0n) is 12.1. The number of hydrogen-bond acceptors (Lipinski definition) is 4. The maximum atomic E-state index is 5.68. The molecule has 1 unspecified atom stereocenters. The van der Waals surface area contributed by atoms with E-state index in [1.54, 1.807) is 0 Å². The fourth-order valence-electron chi connectivity index (χ4n) is 2.61. The maximum absolute atomic E-state index is 5.68. The maximum Gasteiger partial charge on any atom is 0.104 e. The van der Waals surface area contributed by atoms with Gasteiger partial charge >= 0.3 is 0 Å². The topological polar surface area (TPSA) is 40.2 Å². The molecule has 1 saturated heterocycles. The van der Waals surface area contributed by atoms with Crippen molar-refractivity contribution in [2.45, 2.75) is 38.7 Å². The number of rotatable bonds is 10. The first-order chi connectivity index (χ1) is 9.38. The molecule has 2 fully saturated rings. The third kappa shape index (κ3) is 6.70. The normalized spacial score (nSPS) is 30.5. The first-order valence-corrected chi connectivity index (χ1v) is 7.73. The lowest BCUT2D eigenvalue weighted by molar-refractivity contribution is 0.0200. The van der Waals surface area contributed by atoms with E-state index in [2.05, 4.69) is 0 Å². The highest BCUT2D eigenvalue weighted by Gasteiger charge is 2.25. The van der Waals surface area contributed by atoms with E-state index in [9.17, 15) is 0 Å². The Morgan fingerprint density at radius 1 is 0.842 bits per heavy atom. The van der Waals surface area contributed by atoms with E-state index in [0.29, 0.717) is 6.10 Å². The standard InChI is InChI=1S/C15H28O4/c1-2-16-7-8-17-9-13-3-5-14(6-4-13)10-18-11-15-12-19-15/h13-15H,2-12H2,1H3. The molecular weight excluding hydrogens is 244 g/mol. The molecule has 19 heavy (non-hydrogen) atoms. The zero-order chi connectivity index (χ0) is 13.3. The molecule has 0 aromatic heterocycles. The molecule has 0 spiro atoms. The van der Waals surface area contributed by atoms with Gasteiger partial charge in [0.1, 0.15) is 6.10 Å². The van der Waals surface area contributed by atoms with Gasteiger partial charge in [-0.2, -0.15) is 0 Å². The van der Waals surface area contributed by atoms with Crippen molar-refractivity contribution < 1.29 is 18.9 Å². The van der Waals surface area contributed by atoms with Crippen molar-refractivity contribution in [3.05, 3.63) is 0 Å². The van der Waals surface area contributed by atoms with Crippen LogP contribution in [0.5, 0.6) is 0 Å². The Morgan fingerprint density at radius 2 is 1.42 bits per heavy atom. The van der Waals surface area contributed by atoms with Gasteiger partial charge < -0.3 is 18.9 Å². The lowest BCUT2D eigenvalue weighted by Crippen LogP contribution is -2.23. The minimum atomic E-state index is 0.398. The smallest absolute Gasteiger partial charge is 0.104 e. The second-order valence-corrected chi connectivity index (χ2v) is 5.65. The van der Waals surface area contributed by atoms with Gasteiger partial charge in [0.25, 0.3) is 0 Å². The van der Waals surface area contributed by atoms with Crippen molar-refractivity contribution in [2.24, 2.45) is 11.8 Å². The summed E-state index contributed by atoms with van der Waals surface area (Å²) < 4.78 is 21.7. The molecule has 1 aliphatic carbocycles. The molecular formula is C15H28O4. The quantitative estimate of drug-likeness (QED) is 0.452. The van der Waals surface area contributed by atoms with Gasteiger partial charge in [0, 0.05) is 19.8 Å². The van der Waals surface area contributed by atoms with Crippen molar-refractivity contribution in [3.8, 4) is 0 Å². The van der Waals surface area contributed by atoms with Gasteiger partial charge in [-0.1, -0.05) is 0 Å². The van der Waals surface area contributed by atoms with Crippen LogP contribution in [-0.4, -0.2) is 52.4 Å².